The molecule has 3 amide bonds. The van der Waals surface area contributed by atoms with Gasteiger partial charge in [-0.05, 0) is 78.1 Å². The van der Waals surface area contributed by atoms with Gasteiger partial charge in [0, 0.05) is 6.08 Å². The van der Waals surface area contributed by atoms with Gasteiger partial charge in [-0.15, -0.1) is 11.3 Å². The van der Waals surface area contributed by atoms with E-state index < -0.39 is 0 Å². The molecule has 3 aromatic carbocycles. The lowest BCUT2D eigenvalue weighted by atomic mass is 10.1. The molecule has 7 rings (SSSR count). The number of thioether (sulfide) groups is 1. The van der Waals surface area contributed by atoms with Crippen molar-refractivity contribution >= 4 is 85.4 Å². The molecule has 194 valence electrons. The third kappa shape index (κ3) is 4.53. The molecule has 0 bridgehead atoms. The number of thiazole rings is 1. The normalized spacial score (nSPS) is 16.9. The summed E-state index contributed by atoms with van der Waals surface area (Å²) in [6.07, 6.45) is 1.68. The van der Waals surface area contributed by atoms with Gasteiger partial charge in [0.25, 0.3) is 17.7 Å². The van der Waals surface area contributed by atoms with E-state index in [9.17, 15) is 14.4 Å². The lowest BCUT2D eigenvalue weighted by molar-refractivity contribution is -0.115. The zero-order chi connectivity index (χ0) is 27.2. The molecule has 11 heteroatoms. The lowest BCUT2D eigenvalue weighted by Crippen LogP contribution is -2.29. The van der Waals surface area contributed by atoms with Gasteiger partial charge in [-0.25, -0.2) is 14.9 Å². The summed E-state index contributed by atoms with van der Waals surface area (Å²) >= 11 is 4.05. The summed E-state index contributed by atoms with van der Waals surface area (Å²) in [5, 5.41) is 3.91. The Morgan fingerprint density at radius 3 is 2.42 bits per heavy atom. The number of hydrogen-bond acceptors (Lipinski definition) is 9. The molecular formula is C29H16N4O4S3. The fourth-order valence-corrected chi connectivity index (χ4v) is 7.11. The number of carbonyl (C=O) groups excluding carboxylic acids is 3. The van der Waals surface area contributed by atoms with Crippen molar-refractivity contribution in [2.24, 2.45) is 4.99 Å². The van der Waals surface area contributed by atoms with E-state index in [1.54, 1.807) is 54.6 Å². The molecule has 0 spiro atoms. The summed E-state index contributed by atoms with van der Waals surface area (Å²) in [6, 6.07) is 25.2. The highest BCUT2D eigenvalue weighted by molar-refractivity contribution is 8.18. The number of rotatable bonds is 5. The highest BCUT2D eigenvalue weighted by Crippen LogP contribution is 2.38. The molecule has 1 N–H and O–H groups in total. The highest BCUT2D eigenvalue weighted by Gasteiger charge is 2.36. The predicted octanol–water partition coefficient (Wildman–Crippen LogP) is 6.73. The minimum Gasteiger partial charge on any atom is -0.450 e. The molecule has 40 heavy (non-hydrogen) atoms. The lowest BCUT2D eigenvalue weighted by Gasteiger charge is -2.13. The van der Waals surface area contributed by atoms with Crippen LogP contribution in [0.3, 0.4) is 0 Å². The molecule has 0 saturated carbocycles. The minimum atomic E-state index is -0.330. The Labute approximate surface area is 239 Å². The van der Waals surface area contributed by atoms with Gasteiger partial charge in [0.05, 0.1) is 37.6 Å². The number of carbonyl (C=O) groups is 3. The smallest absolute Gasteiger partial charge is 0.266 e. The van der Waals surface area contributed by atoms with E-state index in [0.29, 0.717) is 37.7 Å². The Bertz CT molecular complexity index is 1870. The van der Waals surface area contributed by atoms with Crippen molar-refractivity contribution in [2.45, 2.75) is 9.43 Å². The number of amidine groups is 1. The molecule has 8 nitrogen and oxygen atoms in total. The second-order valence-corrected chi connectivity index (χ2v) is 12.0. The SMILES string of the molecule is O=C1NC(=Nc2ccccc2)S/C1=C\c1ccc(Sc2nc3ccc(N4C(=O)c5ccccc5C4=O)cc3s2)o1. The van der Waals surface area contributed by atoms with Crippen molar-refractivity contribution in [3.05, 3.63) is 107 Å². The zero-order valence-electron chi connectivity index (χ0n) is 20.4. The van der Waals surface area contributed by atoms with Crippen LogP contribution >= 0.6 is 34.9 Å². The first-order valence-electron chi connectivity index (χ1n) is 12.0. The number of aromatic nitrogens is 1. The van der Waals surface area contributed by atoms with Crippen LogP contribution in [0.2, 0.25) is 0 Å². The van der Waals surface area contributed by atoms with Crippen molar-refractivity contribution in [3.63, 3.8) is 0 Å². The van der Waals surface area contributed by atoms with Crippen LogP contribution in [0, 0.1) is 0 Å². The molecule has 2 aromatic heterocycles. The largest absolute Gasteiger partial charge is 0.450 e. The van der Waals surface area contributed by atoms with Gasteiger partial charge in [0.2, 0.25) is 0 Å². The number of fused-ring (bicyclic) bond motifs is 2. The Morgan fingerprint density at radius 1 is 0.900 bits per heavy atom. The van der Waals surface area contributed by atoms with Gasteiger partial charge in [0.15, 0.2) is 14.6 Å². The van der Waals surface area contributed by atoms with Crippen LogP contribution in [0.5, 0.6) is 0 Å². The monoisotopic (exact) mass is 580 g/mol. The van der Waals surface area contributed by atoms with Gasteiger partial charge in [-0.1, -0.05) is 30.3 Å². The van der Waals surface area contributed by atoms with E-state index in [0.717, 1.165) is 20.2 Å². The Kier molecular flexibility index (Phi) is 6.11. The number of amides is 3. The van der Waals surface area contributed by atoms with Crippen molar-refractivity contribution in [1.82, 2.24) is 10.3 Å². The maximum atomic E-state index is 12.9. The molecule has 2 aliphatic heterocycles. The van der Waals surface area contributed by atoms with Crippen molar-refractivity contribution in [3.8, 4) is 0 Å². The van der Waals surface area contributed by atoms with E-state index in [2.05, 4.69) is 15.3 Å². The summed E-state index contributed by atoms with van der Waals surface area (Å²) in [7, 11) is 0. The van der Waals surface area contributed by atoms with Crippen LogP contribution in [0.4, 0.5) is 11.4 Å². The van der Waals surface area contributed by atoms with E-state index in [1.165, 1.54) is 39.8 Å². The summed E-state index contributed by atoms with van der Waals surface area (Å²) in [5.74, 6) is -0.354. The van der Waals surface area contributed by atoms with Crippen LogP contribution < -0.4 is 10.2 Å². The fraction of sp³-hybridized carbons (Fsp3) is 0. The first-order chi connectivity index (χ1) is 19.5. The van der Waals surface area contributed by atoms with E-state index >= 15 is 0 Å². The van der Waals surface area contributed by atoms with Gasteiger partial charge >= 0.3 is 0 Å². The predicted molar refractivity (Wildman–Crippen MR) is 157 cm³/mol. The third-order valence-electron chi connectivity index (χ3n) is 6.11. The summed E-state index contributed by atoms with van der Waals surface area (Å²) in [5.41, 5.74) is 2.84. The summed E-state index contributed by atoms with van der Waals surface area (Å²) in [4.78, 5) is 49.0. The number of aliphatic imine (C=N–C) groups is 1. The number of imide groups is 1. The van der Waals surface area contributed by atoms with E-state index in [1.807, 2.05) is 36.4 Å². The zero-order valence-corrected chi connectivity index (χ0v) is 22.8. The van der Waals surface area contributed by atoms with Gasteiger partial charge in [-0.2, -0.15) is 0 Å². The van der Waals surface area contributed by atoms with Crippen LogP contribution in [0.25, 0.3) is 16.3 Å². The molecule has 0 atom stereocenters. The Hall–Kier alpha value is -4.45. The van der Waals surface area contributed by atoms with Crippen molar-refractivity contribution in [2.75, 3.05) is 4.90 Å². The number of nitrogens with one attached hydrogen (secondary N) is 1. The topological polar surface area (TPSA) is 105 Å². The molecule has 0 unspecified atom stereocenters. The standard InChI is InChI=1S/C29H16N4O4S3/c34-25-23(38-28(32-25)30-16-6-2-1-3-7-16)15-18-11-13-24(37-18)40-29-31-21-12-10-17(14-22(21)39-29)33-26(35)19-8-4-5-9-20(19)27(33)36/h1-15H,(H,30,32,34)/b23-15-. The Morgan fingerprint density at radius 2 is 1.65 bits per heavy atom. The number of anilines is 1. The molecular weight excluding hydrogens is 565 g/mol. The summed E-state index contributed by atoms with van der Waals surface area (Å²) in [6.45, 7) is 0. The summed E-state index contributed by atoms with van der Waals surface area (Å²) < 4.78 is 7.52. The maximum Gasteiger partial charge on any atom is 0.266 e. The Balaban J connectivity index is 1.08. The molecule has 1 saturated heterocycles. The fourth-order valence-electron chi connectivity index (χ4n) is 4.28. The second kappa shape index (κ2) is 9.94. The van der Waals surface area contributed by atoms with E-state index in [4.69, 9.17) is 4.42 Å². The minimum absolute atomic E-state index is 0.231. The van der Waals surface area contributed by atoms with Gasteiger partial charge in [0.1, 0.15) is 5.76 Å². The number of hydrogen-bond donors (Lipinski definition) is 1. The first-order valence-corrected chi connectivity index (χ1v) is 14.5. The molecule has 2 aliphatic rings. The molecule has 0 radical (unpaired) electrons. The maximum absolute atomic E-state index is 12.9. The third-order valence-corrected chi connectivity index (χ3v) is 9.01. The number of para-hydroxylation sites is 1. The van der Waals surface area contributed by atoms with E-state index in [-0.39, 0.29) is 17.7 Å². The van der Waals surface area contributed by atoms with Crippen LogP contribution in [0.1, 0.15) is 26.5 Å². The van der Waals surface area contributed by atoms with Crippen LogP contribution in [-0.2, 0) is 4.79 Å². The number of nitrogens with zero attached hydrogens (tertiary/aromatic N) is 3. The quantitative estimate of drug-likeness (QED) is 0.181. The number of furan rings is 1. The van der Waals surface area contributed by atoms with Crippen LogP contribution in [-0.4, -0.2) is 27.9 Å². The van der Waals surface area contributed by atoms with Crippen molar-refractivity contribution < 1.29 is 18.8 Å². The van der Waals surface area contributed by atoms with Crippen LogP contribution in [0.15, 0.2) is 109 Å². The molecule has 1 fully saturated rings. The second-order valence-electron chi connectivity index (χ2n) is 8.70. The van der Waals surface area contributed by atoms with Gasteiger partial charge in [-0.3, -0.25) is 14.4 Å². The molecule has 0 aliphatic carbocycles. The molecule has 5 aromatic rings. The van der Waals surface area contributed by atoms with Gasteiger partial charge < -0.3 is 9.73 Å². The molecule has 4 heterocycles. The number of benzene rings is 3. The average Bonchev–Trinajstić information content (AvgIpc) is 3.71. The van der Waals surface area contributed by atoms with Crippen molar-refractivity contribution in [1.29, 1.82) is 0 Å². The highest BCUT2D eigenvalue weighted by atomic mass is 32.2. The average molecular weight is 581 g/mol. The first kappa shape index (κ1) is 24.6.